The van der Waals surface area contributed by atoms with E-state index in [0.717, 1.165) is 0 Å². The molecule has 30 heavy (non-hydrogen) atoms. The lowest BCUT2D eigenvalue weighted by molar-refractivity contribution is -0.114. The SMILES string of the molecule is CC(=O)Nc1ccc(NC(=O)c2ccnc(C(=O)Nc3ccc(C#N)cc3)c2)cc1. The van der Waals surface area contributed by atoms with E-state index in [1.807, 2.05) is 6.07 Å². The van der Waals surface area contributed by atoms with Crippen molar-refractivity contribution in [1.29, 1.82) is 5.26 Å². The molecule has 0 radical (unpaired) electrons. The Morgan fingerprint density at radius 1 is 0.800 bits per heavy atom. The number of nitrogens with one attached hydrogen (secondary N) is 3. The van der Waals surface area contributed by atoms with Gasteiger partial charge in [-0.05, 0) is 60.7 Å². The number of hydrogen-bond donors (Lipinski definition) is 3. The molecule has 0 aliphatic carbocycles. The van der Waals surface area contributed by atoms with Crippen LogP contribution in [-0.2, 0) is 4.79 Å². The van der Waals surface area contributed by atoms with Gasteiger partial charge in [0.15, 0.2) is 0 Å². The molecule has 1 heterocycles. The summed E-state index contributed by atoms with van der Waals surface area (Å²) in [6.45, 7) is 1.41. The van der Waals surface area contributed by atoms with E-state index in [9.17, 15) is 14.4 Å². The van der Waals surface area contributed by atoms with Gasteiger partial charge in [-0.25, -0.2) is 0 Å². The Bertz CT molecular complexity index is 1130. The van der Waals surface area contributed by atoms with Gasteiger partial charge in [0.25, 0.3) is 11.8 Å². The van der Waals surface area contributed by atoms with Crippen molar-refractivity contribution in [2.24, 2.45) is 0 Å². The van der Waals surface area contributed by atoms with E-state index < -0.39 is 11.8 Å². The molecule has 1 aromatic heterocycles. The molecule has 3 rings (SSSR count). The highest BCUT2D eigenvalue weighted by Gasteiger charge is 2.13. The third-order valence-corrected chi connectivity index (χ3v) is 3.99. The number of hydrogen-bond acceptors (Lipinski definition) is 5. The number of nitrogens with zero attached hydrogens (tertiary/aromatic N) is 2. The first kappa shape index (κ1) is 20.2. The predicted octanol–water partition coefficient (Wildman–Crippen LogP) is 3.42. The molecule has 0 aliphatic heterocycles. The Labute approximate surface area is 172 Å². The van der Waals surface area contributed by atoms with Gasteiger partial charge in [-0.15, -0.1) is 0 Å². The topological polar surface area (TPSA) is 124 Å². The molecular formula is C22H17N5O3. The maximum Gasteiger partial charge on any atom is 0.274 e. The van der Waals surface area contributed by atoms with Crippen LogP contribution in [0.15, 0.2) is 66.9 Å². The number of carbonyl (C=O) groups is 3. The van der Waals surface area contributed by atoms with Crippen molar-refractivity contribution in [2.45, 2.75) is 6.92 Å². The van der Waals surface area contributed by atoms with Gasteiger partial charge in [-0.2, -0.15) is 5.26 Å². The number of pyridine rings is 1. The van der Waals surface area contributed by atoms with E-state index in [0.29, 0.717) is 22.6 Å². The van der Waals surface area contributed by atoms with Crippen molar-refractivity contribution in [3.63, 3.8) is 0 Å². The highest BCUT2D eigenvalue weighted by Crippen LogP contribution is 2.15. The zero-order valence-electron chi connectivity index (χ0n) is 16.0. The first-order chi connectivity index (χ1) is 14.4. The minimum Gasteiger partial charge on any atom is -0.326 e. The monoisotopic (exact) mass is 399 g/mol. The number of benzene rings is 2. The van der Waals surface area contributed by atoms with E-state index in [-0.39, 0.29) is 17.2 Å². The van der Waals surface area contributed by atoms with Gasteiger partial charge < -0.3 is 16.0 Å². The average Bonchev–Trinajstić information content (AvgIpc) is 2.75. The molecule has 148 valence electrons. The highest BCUT2D eigenvalue weighted by molar-refractivity contribution is 6.08. The van der Waals surface area contributed by atoms with Gasteiger partial charge in [-0.3, -0.25) is 19.4 Å². The van der Waals surface area contributed by atoms with E-state index >= 15 is 0 Å². The Morgan fingerprint density at radius 2 is 1.33 bits per heavy atom. The van der Waals surface area contributed by atoms with Crippen molar-refractivity contribution in [3.8, 4) is 6.07 Å². The largest absolute Gasteiger partial charge is 0.326 e. The van der Waals surface area contributed by atoms with Crippen LogP contribution >= 0.6 is 0 Å². The average molecular weight is 399 g/mol. The van der Waals surface area contributed by atoms with Crippen molar-refractivity contribution in [1.82, 2.24) is 4.98 Å². The Morgan fingerprint density at radius 3 is 1.90 bits per heavy atom. The number of anilines is 3. The lowest BCUT2D eigenvalue weighted by Crippen LogP contribution is -2.17. The fourth-order valence-corrected chi connectivity index (χ4v) is 2.56. The van der Waals surface area contributed by atoms with E-state index in [1.165, 1.54) is 25.3 Å². The van der Waals surface area contributed by atoms with Crippen LogP contribution in [0.4, 0.5) is 17.1 Å². The summed E-state index contributed by atoms with van der Waals surface area (Å²) in [5.74, 6) is -1.07. The Balaban J connectivity index is 1.67. The molecule has 8 nitrogen and oxygen atoms in total. The smallest absolute Gasteiger partial charge is 0.274 e. The van der Waals surface area contributed by atoms with Gasteiger partial charge in [-0.1, -0.05) is 0 Å². The van der Waals surface area contributed by atoms with Gasteiger partial charge in [0.1, 0.15) is 5.69 Å². The van der Waals surface area contributed by atoms with Crippen LogP contribution in [0.3, 0.4) is 0 Å². The fourth-order valence-electron chi connectivity index (χ4n) is 2.56. The van der Waals surface area contributed by atoms with Crippen molar-refractivity contribution < 1.29 is 14.4 Å². The molecule has 0 unspecified atom stereocenters. The number of aromatic nitrogens is 1. The molecule has 2 aromatic carbocycles. The molecule has 3 N–H and O–H groups in total. The summed E-state index contributed by atoms with van der Waals surface area (Å²) in [7, 11) is 0. The first-order valence-corrected chi connectivity index (χ1v) is 8.91. The van der Waals surface area contributed by atoms with E-state index in [4.69, 9.17) is 5.26 Å². The quantitative estimate of drug-likeness (QED) is 0.606. The highest BCUT2D eigenvalue weighted by atomic mass is 16.2. The summed E-state index contributed by atoms with van der Waals surface area (Å²) in [4.78, 5) is 40.0. The number of amides is 3. The zero-order valence-corrected chi connectivity index (χ0v) is 16.0. The molecule has 0 bridgehead atoms. The molecule has 0 fully saturated rings. The number of rotatable bonds is 5. The van der Waals surface area contributed by atoms with Crippen LogP contribution in [0.25, 0.3) is 0 Å². The lowest BCUT2D eigenvalue weighted by atomic mass is 10.2. The first-order valence-electron chi connectivity index (χ1n) is 8.91. The van der Waals surface area contributed by atoms with Crippen molar-refractivity contribution >= 4 is 34.8 Å². The molecule has 3 amide bonds. The van der Waals surface area contributed by atoms with Crippen LogP contribution in [-0.4, -0.2) is 22.7 Å². The molecular weight excluding hydrogens is 382 g/mol. The van der Waals surface area contributed by atoms with Gasteiger partial charge in [0, 0.05) is 35.7 Å². The van der Waals surface area contributed by atoms with Crippen LogP contribution in [0.2, 0.25) is 0 Å². The lowest BCUT2D eigenvalue weighted by Gasteiger charge is -2.08. The fraction of sp³-hybridized carbons (Fsp3) is 0.0455. The van der Waals surface area contributed by atoms with Crippen LogP contribution in [0.1, 0.15) is 33.3 Å². The molecule has 0 spiro atoms. The molecule has 8 heteroatoms. The maximum atomic E-state index is 12.5. The third kappa shape index (κ3) is 5.27. The second-order valence-corrected chi connectivity index (χ2v) is 6.29. The third-order valence-electron chi connectivity index (χ3n) is 3.99. The summed E-state index contributed by atoms with van der Waals surface area (Å²) in [6, 6.07) is 17.9. The summed E-state index contributed by atoms with van der Waals surface area (Å²) in [6.07, 6.45) is 1.38. The number of nitriles is 1. The standard InChI is InChI=1S/C22H17N5O3/c1-14(28)25-17-6-8-19(9-7-17)26-21(29)16-10-11-24-20(12-16)22(30)27-18-4-2-15(13-23)3-5-18/h2-12H,1H3,(H,25,28)(H,26,29)(H,27,30). The molecule has 0 saturated carbocycles. The molecule has 3 aromatic rings. The maximum absolute atomic E-state index is 12.5. The second-order valence-electron chi connectivity index (χ2n) is 6.29. The second kappa shape index (κ2) is 9.12. The van der Waals surface area contributed by atoms with Crippen LogP contribution in [0.5, 0.6) is 0 Å². The molecule has 0 aliphatic rings. The van der Waals surface area contributed by atoms with Crippen LogP contribution in [0, 0.1) is 11.3 Å². The normalized spacial score (nSPS) is 9.87. The minimum atomic E-state index is -0.478. The number of carbonyl (C=O) groups excluding carboxylic acids is 3. The summed E-state index contributed by atoms with van der Waals surface area (Å²) in [5.41, 5.74) is 2.49. The van der Waals surface area contributed by atoms with E-state index in [2.05, 4.69) is 20.9 Å². The Kier molecular flexibility index (Phi) is 6.15. The van der Waals surface area contributed by atoms with Gasteiger partial charge >= 0.3 is 0 Å². The van der Waals surface area contributed by atoms with E-state index in [1.54, 1.807) is 48.5 Å². The van der Waals surface area contributed by atoms with Gasteiger partial charge in [0.05, 0.1) is 11.6 Å². The molecule has 0 saturated heterocycles. The minimum absolute atomic E-state index is 0.0769. The zero-order chi connectivity index (χ0) is 21.5. The molecule has 0 atom stereocenters. The van der Waals surface area contributed by atoms with Gasteiger partial charge in [0.2, 0.25) is 5.91 Å². The van der Waals surface area contributed by atoms with Crippen LogP contribution < -0.4 is 16.0 Å². The summed E-state index contributed by atoms with van der Waals surface area (Å²) >= 11 is 0. The predicted molar refractivity (Wildman–Crippen MR) is 112 cm³/mol. The van der Waals surface area contributed by atoms with Crippen molar-refractivity contribution in [3.05, 3.63) is 83.7 Å². The summed E-state index contributed by atoms with van der Waals surface area (Å²) < 4.78 is 0. The Hall–Kier alpha value is -4.51. The summed E-state index contributed by atoms with van der Waals surface area (Å²) in [5, 5.41) is 16.9. The van der Waals surface area contributed by atoms with Crippen molar-refractivity contribution in [2.75, 3.05) is 16.0 Å².